The summed E-state index contributed by atoms with van der Waals surface area (Å²) in [4.78, 5) is 10.9. The van der Waals surface area contributed by atoms with Gasteiger partial charge in [0.2, 0.25) is 0 Å². The first-order valence-electron chi connectivity index (χ1n) is 5.96. The molecular weight excluding hydrogens is 267 g/mol. The highest BCUT2D eigenvalue weighted by Crippen LogP contribution is 2.40. The van der Waals surface area contributed by atoms with E-state index in [0.29, 0.717) is 41.5 Å². The summed E-state index contributed by atoms with van der Waals surface area (Å²) in [5.41, 5.74) is 1.26. The molecule has 0 spiro atoms. The van der Waals surface area contributed by atoms with Gasteiger partial charge in [-0.3, -0.25) is 5.10 Å². The Balaban J connectivity index is 2.13. The molecule has 104 valence electrons. The zero-order valence-electron chi connectivity index (χ0n) is 10.4. The van der Waals surface area contributed by atoms with Gasteiger partial charge in [0.25, 0.3) is 0 Å². The Kier molecular flexibility index (Phi) is 3.02. The first-order valence-corrected chi connectivity index (χ1v) is 5.96. The van der Waals surface area contributed by atoms with Crippen molar-refractivity contribution in [1.29, 1.82) is 0 Å². The number of fused-ring (bicyclic) bond motifs is 1. The predicted molar refractivity (Wildman–Crippen MR) is 66.8 cm³/mol. The van der Waals surface area contributed by atoms with E-state index in [9.17, 15) is 9.18 Å². The third kappa shape index (κ3) is 2.07. The lowest BCUT2D eigenvalue weighted by atomic mass is 10.1. The highest BCUT2D eigenvalue weighted by molar-refractivity contribution is 5.87. The second kappa shape index (κ2) is 4.84. The van der Waals surface area contributed by atoms with E-state index in [1.807, 2.05) is 0 Å². The van der Waals surface area contributed by atoms with Gasteiger partial charge < -0.3 is 14.6 Å². The molecule has 0 aliphatic carbocycles. The number of aromatic nitrogens is 2. The van der Waals surface area contributed by atoms with Crippen molar-refractivity contribution >= 4 is 5.97 Å². The Labute approximate surface area is 113 Å². The summed E-state index contributed by atoms with van der Waals surface area (Å²) in [5, 5.41) is 15.2. The quantitative estimate of drug-likeness (QED) is 0.897. The maximum Gasteiger partial charge on any atom is 0.353 e. The van der Waals surface area contributed by atoms with Gasteiger partial charge in [0, 0.05) is 5.56 Å². The Hall–Kier alpha value is -2.57. The SMILES string of the molecule is O=C(O)c1cc(-c2cc(CF)cc3c2OCCO3)n[nH]1. The number of ether oxygens (including phenoxy) is 2. The number of hydrogen-bond donors (Lipinski definition) is 2. The molecule has 1 aliphatic rings. The van der Waals surface area contributed by atoms with Gasteiger partial charge in [-0.05, 0) is 23.8 Å². The highest BCUT2D eigenvalue weighted by Gasteiger charge is 2.21. The number of aromatic amines is 1. The van der Waals surface area contributed by atoms with E-state index in [1.54, 1.807) is 12.1 Å². The molecule has 20 heavy (non-hydrogen) atoms. The predicted octanol–water partition coefficient (Wildman–Crippen LogP) is 2.02. The van der Waals surface area contributed by atoms with Crippen LogP contribution in [0.5, 0.6) is 11.5 Å². The lowest BCUT2D eigenvalue weighted by molar-refractivity contribution is 0.0690. The largest absolute Gasteiger partial charge is 0.486 e. The summed E-state index contributed by atoms with van der Waals surface area (Å²) in [6.07, 6.45) is 0. The summed E-state index contributed by atoms with van der Waals surface area (Å²) in [6, 6.07) is 4.52. The van der Waals surface area contributed by atoms with Crippen molar-refractivity contribution in [2.75, 3.05) is 13.2 Å². The van der Waals surface area contributed by atoms with Gasteiger partial charge in [-0.2, -0.15) is 5.10 Å². The van der Waals surface area contributed by atoms with Gasteiger partial charge in [0.15, 0.2) is 11.5 Å². The molecule has 6 nitrogen and oxygen atoms in total. The summed E-state index contributed by atoms with van der Waals surface area (Å²) in [7, 11) is 0. The number of carboxylic acids is 1. The van der Waals surface area contributed by atoms with Crippen LogP contribution in [-0.2, 0) is 6.67 Å². The van der Waals surface area contributed by atoms with Crippen molar-refractivity contribution in [2.45, 2.75) is 6.67 Å². The second-order valence-corrected chi connectivity index (χ2v) is 4.27. The van der Waals surface area contributed by atoms with Crippen LogP contribution in [0.4, 0.5) is 4.39 Å². The van der Waals surface area contributed by atoms with Crippen LogP contribution in [0.2, 0.25) is 0 Å². The summed E-state index contributed by atoms with van der Waals surface area (Å²) in [5.74, 6) is -0.213. The molecule has 3 rings (SSSR count). The number of rotatable bonds is 3. The van der Waals surface area contributed by atoms with E-state index < -0.39 is 12.6 Å². The average molecular weight is 278 g/mol. The number of benzene rings is 1. The molecule has 2 heterocycles. The number of alkyl halides is 1. The van der Waals surface area contributed by atoms with E-state index in [1.165, 1.54) is 6.07 Å². The maximum atomic E-state index is 12.9. The van der Waals surface area contributed by atoms with E-state index in [-0.39, 0.29) is 5.69 Å². The fourth-order valence-corrected chi connectivity index (χ4v) is 2.05. The Morgan fingerprint density at radius 1 is 1.35 bits per heavy atom. The van der Waals surface area contributed by atoms with Gasteiger partial charge in [0.1, 0.15) is 25.6 Å². The zero-order valence-corrected chi connectivity index (χ0v) is 10.4. The number of nitrogens with zero attached hydrogens (tertiary/aromatic N) is 1. The zero-order chi connectivity index (χ0) is 14.1. The molecule has 1 aromatic heterocycles. The number of aromatic carboxylic acids is 1. The Morgan fingerprint density at radius 2 is 2.15 bits per heavy atom. The molecule has 0 amide bonds. The number of halogens is 1. The molecule has 0 saturated carbocycles. The molecule has 0 bridgehead atoms. The topological polar surface area (TPSA) is 84.4 Å². The first kappa shape index (κ1) is 12.5. The van der Waals surface area contributed by atoms with Crippen LogP contribution in [0.15, 0.2) is 18.2 Å². The molecule has 0 radical (unpaired) electrons. The minimum atomic E-state index is -1.11. The van der Waals surface area contributed by atoms with E-state index in [2.05, 4.69) is 10.2 Å². The van der Waals surface area contributed by atoms with Crippen molar-refractivity contribution in [3.63, 3.8) is 0 Å². The van der Waals surface area contributed by atoms with Crippen molar-refractivity contribution in [1.82, 2.24) is 10.2 Å². The smallest absolute Gasteiger partial charge is 0.353 e. The number of carbonyl (C=O) groups is 1. The lowest BCUT2D eigenvalue weighted by Gasteiger charge is -2.21. The molecule has 2 aromatic rings. The van der Waals surface area contributed by atoms with Crippen molar-refractivity contribution in [3.05, 3.63) is 29.5 Å². The molecular formula is C13H11FN2O4. The molecule has 0 atom stereocenters. The van der Waals surface area contributed by atoms with Crippen LogP contribution in [0.3, 0.4) is 0 Å². The minimum Gasteiger partial charge on any atom is -0.486 e. The Morgan fingerprint density at radius 3 is 2.85 bits per heavy atom. The van der Waals surface area contributed by atoms with Crippen LogP contribution in [0, 0.1) is 0 Å². The number of hydrogen-bond acceptors (Lipinski definition) is 4. The average Bonchev–Trinajstić information content (AvgIpc) is 2.96. The molecule has 0 unspecified atom stereocenters. The Bertz CT molecular complexity index is 668. The van der Waals surface area contributed by atoms with Crippen LogP contribution in [-0.4, -0.2) is 34.5 Å². The molecule has 0 fully saturated rings. The van der Waals surface area contributed by atoms with Crippen LogP contribution >= 0.6 is 0 Å². The van der Waals surface area contributed by atoms with Gasteiger partial charge in [-0.25, -0.2) is 9.18 Å². The third-order valence-corrected chi connectivity index (χ3v) is 2.94. The molecule has 1 aliphatic heterocycles. The first-order chi connectivity index (χ1) is 9.69. The van der Waals surface area contributed by atoms with Gasteiger partial charge in [-0.15, -0.1) is 0 Å². The minimum absolute atomic E-state index is 0.0453. The molecule has 1 aromatic carbocycles. The molecule has 7 heteroatoms. The fourth-order valence-electron chi connectivity index (χ4n) is 2.05. The van der Waals surface area contributed by atoms with Crippen molar-refractivity contribution in [3.8, 4) is 22.8 Å². The summed E-state index contributed by atoms with van der Waals surface area (Å²) < 4.78 is 23.9. The number of H-pyrrole nitrogens is 1. The third-order valence-electron chi connectivity index (χ3n) is 2.94. The van der Waals surface area contributed by atoms with E-state index >= 15 is 0 Å². The standard InChI is InChI=1S/C13H11FN2O4/c14-6-7-3-8(9-5-10(13(17)18)16-15-9)12-11(4-7)19-1-2-20-12/h3-5H,1-2,6H2,(H,15,16)(H,17,18). The second-order valence-electron chi connectivity index (χ2n) is 4.27. The normalized spacial score (nSPS) is 13.2. The summed E-state index contributed by atoms with van der Waals surface area (Å²) >= 11 is 0. The summed E-state index contributed by atoms with van der Waals surface area (Å²) in [6.45, 7) is 0.119. The van der Waals surface area contributed by atoms with Crippen molar-refractivity contribution < 1.29 is 23.8 Å². The number of nitrogens with one attached hydrogen (secondary N) is 1. The maximum absolute atomic E-state index is 12.9. The lowest BCUT2D eigenvalue weighted by Crippen LogP contribution is -2.16. The van der Waals surface area contributed by atoms with Gasteiger partial charge in [0.05, 0.1) is 5.69 Å². The number of carboxylic acid groups (broad SMARTS) is 1. The van der Waals surface area contributed by atoms with Gasteiger partial charge >= 0.3 is 5.97 Å². The van der Waals surface area contributed by atoms with Crippen molar-refractivity contribution in [2.24, 2.45) is 0 Å². The van der Waals surface area contributed by atoms with E-state index in [0.717, 1.165) is 0 Å². The molecule has 2 N–H and O–H groups in total. The van der Waals surface area contributed by atoms with E-state index in [4.69, 9.17) is 14.6 Å². The highest BCUT2D eigenvalue weighted by atomic mass is 19.1. The van der Waals surface area contributed by atoms with Crippen LogP contribution < -0.4 is 9.47 Å². The van der Waals surface area contributed by atoms with Crippen LogP contribution in [0.1, 0.15) is 16.1 Å². The fraction of sp³-hybridized carbons (Fsp3) is 0.231. The van der Waals surface area contributed by atoms with Gasteiger partial charge in [-0.1, -0.05) is 0 Å². The molecule has 0 saturated heterocycles. The van der Waals surface area contributed by atoms with Crippen LogP contribution in [0.25, 0.3) is 11.3 Å². The monoisotopic (exact) mass is 278 g/mol.